The van der Waals surface area contributed by atoms with Gasteiger partial charge in [-0.2, -0.15) is 5.26 Å². The summed E-state index contributed by atoms with van der Waals surface area (Å²) in [6, 6.07) is 15.9. The summed E-state index contributed by atoms with van der Waals surface area (Å²) in [6.45, 7) is 4.65. The van der Waals surface area contributed by atoms with Gasteiger partial charge in [0.25, 0.3) is 0 Å². The first-order chi connectivity index (χ1) is 13.7. The lowest BCUT2D eigenvalue weighted by Crippen LogP contribution is -2.36. The quantitative estimate of drug-likeness (QED) is 0.356. The molecule has 1 heterocycles. The zero-order valence-corrected chi connectivity index (χ0v) is 19.1. The van der Waals surface area contributed by atoms with Crippen molar-refractivity contribution in [2.75, 3.05) is 20.3 Å². The Bertz CT molecular complexity index is 873. The molecule has 1 atom stereocenters. The summed E-state index contributed by atoms with van der Waals surface area (Å²) in [6.07, 6.45) is 1.04. The fraction of sp³-hybridized carbons (Fsp3) is 0.364. The number of hydrogen-bond acceptors (Lipinski definition) is 4. The van der Waals surface area contributed by atoms with Crippen molar-refractivity contribution in [1.29, 1.82) is 5.26 Å². The zero-order chi connectivity index (χ0) is 19.8. The number of nitriles is 1. The van der Waals surface area contributed by atoms with E-state index in [1.165, 1.54) is 0 Å². The van der Waals surface area contributed by atoms with E-state index in [0.717, 1.165) is 35.5 Å². The van der Waals surface area contributed by atoms with Crippen molar-refractivity contribution < 1.29 is 9.47 Å². The summed E-state index contributed by atoms with van der Waals surface area (Å²) in [4.78, 5) is 4.28. The van der Waals surface area contributed by atoms with E-state index in [0.29, 0.717) is 31.2 Å². The van der Waals surface area contributed by atoms with Crippen LogP contribution in [0.25, 0.3) is 0 Å². The Kier molecular flexibility index (Phi) is 9.22. The van der Waals surface area contributed by atoms with Gasteiger partial charge < -0.3 is 20.1 Å². The third kappa shape index (κ3) is 6.91. The first-order valence-corrected chi connectivity index (χ1v) is 9.45. The van der Waals surface area contributed by atoms with Crippen molar-refractivity contribution in [3.63, 3.8) is 0 Å². The lowest BCUT2D eigenvalue weighted by molar-refractivity contribution is 0.140. The molecular weight excluding hydrogens is 479 g/mol. The number of aryl methyl sites for hydroxylation is 1. The molecule has 154 valence electrons. The van der Waals surface area contributed by atoms with E-state index in [4.69, 9.17) is 14.7 Å². The molecule has 0 bridgehead atoms. The summed E-state index contributed by atoms with van der Waals surface area (Å²) in [5.41, 5.74) is 3.92. The lowest BCUT2D eigenvalue weighted by Gasteiger charge is -2.18. The average molecular weight is 506 g/mol. The van der Waals surface area contributed by atoms with E-state index in [-0.39, 0.29) is 30.1 Å². The van der Waals surface area contributed by atoms with Gasteiger partial charge in [0.2, 0.25) is 0 Å². The smallest absolute Gasteiger partial charge is 0.191 e. The molecule has 3 rings (SSSR count). The number of halogens is 1. The topological polar surface area (TPSA) is 78.7 Å². The van der Waals surface area contributed by atoms with Gasteiger partial charge in [-0.1, -0.05) is 24.3 Å². The standard InChI is InChI=1S/C22H26N4O2.HI/c1-16-6-7-19(21(10-16)28-20-8-9-27-15-20)14-26-22(24-2)25-13-18-5-3-4-17(11-18)12-23;/h3-7,10-11,20H,8-9,13-15H2,1-2H3,(H2,24,25,26);1H. The number of nitrogens with one attached hydrogen (secondary N) is 2. The zero-order valence-electron chi connectivity index (χ0n) is 16.8. The number of benzene rings is 2. The highest BCUT2D eigenvalue weighted by molar-refractivity contribution is 14.0. The SMILES string of the molecule is CN=C(NCc1cccc(C#N)c1)NCc1ccc(C)cc1OC1CCOC1.I. The summed E-state index contributed by atoms with van der Waals surface area (Å²) >= 11 is 0. The summed E-state index contributed by atoms with van der Waals surface area (Å²) in [5, 5.41) is 15.6. The molecule has 1 aliphatic rings. The van der Waals surface area contributed by atoms with Crippen molar-refractivity contribution in [2.45, 2.75) is 32.5 Å². The highest BCUT2D eigenvalue weighted by Crippen LogP contribution is 2.23. The van der Waals surface area contributed by atoms with E-state index < -0.39 is 0 Å². The molecule has 1 saturated heterocycles. The molecule has 1 unspecified atom stereocenters. The van der Waals surface area contributed by atoms with Crippen LogP contribution in [0.2, 0.25) is 0 Å². The van der Waals surface area contributed by atoms with Gasteiger partial charge in [0.05, 0.1) is 24.8 Å². The van der Waals surface area contributed by atoms with E-state index in [9.17, 15) is 0 Å². The van der Waals surface area contributed by atoms with E-state index >= 15 is 0 Å². The maximum absolute atomic E-state index is 9.02. The van der Waals surface area contributed by atoms with Crippen molar-refractivity contribution in [3.05, 3.63) is 64.7 Å². The third-order valence-electron chi connectivity index (χ3n) is 4.59. The summed E-state index contributed by atoms with van der Waals surface area (Å²) in [5.74, 6) is 1.58. The Labute approximate surface area is 189 Å². The fourth-order valence-electron chi connectivity index (χ4n) is 3.04. The molecule has 2 aromatic rings. The van der Waals surface area contributed by atoms with Crippen LogP contribution in [-0.4, -0.2) is 32.3 Å². The molecule has 1 aliphatic heterocycles. The van der Waals surface area contributed by atoms with Crippen LogP contribution >= 0.6 is 24.0 Å². The molecule has 1 fully saturated rings. The molecule has 0 aromatic heterocycles. The summed E-state index contributed by atoms with van der Waals surface area (Å²) < 4.78 is 11.6. The first-order valence-electron chi connectivity index (χ1n) is 9.45. The number of rotatable bonds is 6. The van der Waals surface area contributed by atoms with Crippen LogP contribution in [-0.2, 0) is 17.8 Å². The Morgan fingerprint density at radius 1 is 1.24 bits per heavy atom. The number of ether oxygens (including phenoxy) is 2. The Balaban J connectivity index is 0.00000300. The van der Waals surface area contributed by atoms with Gasteiger partial charge >= 0.3 is 0 Å². The Hall–Kier alpha value is -2.31. The number of guanidine groups is 1. The first kappa shape index (κ1) is 23.0. The van der Waals surface area contributed by atoms with Gasteiger partial charge in [-0.15, -0.1) is 24.0 Å². The van der Waals surface area contributed by atoms with Gasteiger partial charge in [0, 0.05) is 32.1 Å². The van der Waals surface area contributed by atoms with Crippen LogP contribution in [0.1, 0.15) is 28.7 Å². The molecule has 0 saturated carbocycles. The van der Waals surface area contributed by atoms with Gasteiger partial charge in [-0.25, -0.2) is 0 Å². The molecule has 0 spiro atoms. The van der Waals surface area contributed by atoms with Crippen LogP contribution in [0, 0.1) is 18.3 Å². The van der Waals surface area contributed by atoms with Crippen LogP contribution in [0.3, 0.4) is 0 Å². The predicted octanol–water partition coefficient (Wildman–Crippen LogP) is 3.52. The van der Waals surface area contributed by atoms with Crippen molar-refractivity contribution in [1.82, 2.24) is 10.6 Å². The number of aliphatic imine (C=N–C) groups is 1. The molecule has 2 aromatic carbocycles. The molecule has 6 nitrogen and oxygen atoms in total. The van der Waals surface area contributed by atoms with Crippen molar-refractivity contribution in [3.8, 4) is 11.8 Å². The molecule has 0 aliphatic carbocycles. The van der Waals surface area contributed by atoms with Gasteiger partial charge in [0.1, 0.15) is 11.9 Å². The highest BCUT2D eigenvalue weighted by atomic mass is 127. The third-order valence-corrected chi connectivity index (χ3v) is 4.59. The molecule has 29 heavy (non-hydrogen) atoms. The average Bonchev–Trinajstić information content (AvgIpc) is 3.22. The lowest BCUT2D eigenvalue weighted by atomic mass is 10.1. The molecule has 0 radical (unpaired) electrons. The van der Waals surface area contributed by atoms with E-state index in [1.807, 2.05) is 18.2 Å². The largest absolute Gasteiger partial charge is 0.488 e. The maximum atomic E-state index is 9.02. The van der Waals surface area contributed by atoms with Crippen LogP contribution in [0.15, 0.2) is 47.5 Å². The van der Waals surface area contributed by atoms with Crippen LogP contribution in [0.4, 0.5) is 0 Å². The van der Waals surface area contributed by atoms with Crippen LogP contribution in [0.5, 0.6) is 5.75 Å². The predicted molar refractivity (Wildman–Crippen MR) is 125 cm³/mol. The molecule has 2 N–H and O–H groups in total. The normalized spacial score (nSPS) is 15.9. The molecule has 7 heteroatoms. The maximum Gasteiger partial charge on any atom is 0.191 e. The van der Waals surface area contributed by atoms with Gasteiger partial charge in [0.15, 0.2) is 5.96 Å². The second kappa shape index (κ2) is 11.6. The van der Waals surface area contributed by atoms with E-state index in [1.54, 1.807) is 13.1 Å². The Morgan fingerprint density at radius 3 is 2.79 bits per heavy atom. The second-order valence-corrected chi connectivity index (χ2v) is 6.81. The Morgan fingerprint density at radius 2 is 2.07 bits per heavy atom. The second-order valence-electron chi connectivity index (χ2n) is 6.81. The highest BCUT2D eigenvalue weighted by Gasteiger charge is 2.18. The monoisotopic (exact) mass is 506 g/mol. The fourth-order valence-corrected chi connectivity index (χ4v) is 3.04. The van der Waals surface area contributed by atoms with E-state index in [2.05, 4.69) is 46.8 Å². The van der Waals surface area contributed by atoms with Gasteiger partial charge in [-0.3, -0.25) is 4.99 Å². The minimum atomic E-state index is 0. The summed E-state index contributed by atoms with van der Waals surface area (Å²) in [7, 11) is 1.74. The van der Waals surface area contributed by atoms with Crippen LogP contribution < -0.4 is 15.4 Å². The van der Waals surface area contributed by atoms with Crippen molar-refractivity contribution in [2.24, 2.45) is 4.99 Å². The number of hydrogen-bond donors (Lipinski definition) is 2. The minimum Gasteiger partial charge on any atom is -0.488 e. The molecule has 0 amide bonds. The minimum absolute atomic E-state index is 0. The van der Waals surface area contributed by atoms with Crippen molar-refractivity contribution >= 4 is 29.9 Å². The van der Waals surface area contributed by atoms with Gasteiger partial charge in [-0.05, 0) is 36.2 Å². The molecular formula is C22H27IN4O2. The number of nitrogens with zero attached hydrogens (tertiary/aromatic N) is 2.